The molecule has 0 aromatic heterocycles. The quantitative estimate of drug-likeness (QED) is 0.761. The highest BCUT2D eigenvalue weighted by atomic mass is 16.5. The molecule has 0 radical (unpaired) electrons. The summed E-state index contributed by atoms with van der Waals surface area (Å²) in [5.41, 5.74) is 1.56. The molecule has 1 fully saturated rings. The van der Waals surface area contributed by atoms with E-state index < -0.39 is 5.97 Å². The van der Waals surface area contributed by atoms with E-state index in [9.17, 15) is 19.5 Å². The van der Waals surface area contributed by atoms with Crippen molar-refractivity contribution in [3.63, 3.8) is 0 Å². The number of carbonyl (C=O) groups is 3. The Balaban J connectivity index is 1.49. The summed E-state index contributed by atoms with van der Waals surface area (Å²) in [4.78, 5) is 39.0. The van der Waals surface area contributed by atoms with E-state index in [-0.39, 0.29) is 24.0 Å². The van der Waals surface area contributed by atoms with Crippen LogP contribution in [0.2, 0.25) is 0 Å². The highest BCUT2D eigenvalue weighted by molar-refractivity contribution is 5.95. The number of benzene rings is 2. The van der Waals surface area contributed by atoms with Gasteiger partial charge in [-0.1, -0.05) is 29.8 Å². The lowest BCUT2D eigenvalue weighted by Gasteiger charge is -2.34. The fourth-order valence-corrected chi connectivity index (χ4v) is 2.96. The van der Waals surface area contributed by atoms with Gasteiger partial charge in [-0.05, 0) is 36.8 Å². The molecule has 2 amide bonds. The van der Waals surface area contributed by atoms with Crippen LogP contribution in [-0.4, -0.2) is 60.4 Å². The Labute approximate surface area is 163 Å². The van der Waals surface area contributed by atoms with Crippen LogP contribution in [0.3, 0.4) is 0 Å². The van der Waals surface area contributed by atoms with Crippen molar-refractivity contribution in [3.05, 3.63) is 65.2 Å². The van der Waals surface area contributed by atoms with Gasteiger partial charge in [-0.2, -0.15) is 0 Å². The molecular formula is C21H21N2O5-. The van der Waals surface area contributed by atoms with Gasteiger partial charge in [0.15, 0.2) is 6.61 Å². The highest BCUT2D eigenvalue weighted by Crippen LogP contribution is 2.13. The van der Waals surface area contributed by atoms with Crippen LogP contribution in [0.4, 0.5) is 0 Å². The SMILES string of the molecule is Cc1ccc(OCC(=O)N2CCN(C(=O)c3ccc(C(=O)[O-])cc3)CC2)cc1. The second-order valence-electron chi connectivity index (χ2n) is 6.64. The summed E-state index contributed by atoms with van der Waals surface area (Å²) in [6, 6.07) is 13.1. The molecule has 0 unspecified atom stereocenters. The van der Waals surface area contributed by atoms with E-state index in [1.165, 1.54) is 24.3 Å². The summed E-state index contributed by atoms with van der Waals surface area (Å²) in [7, 11) is 0. The van der Waals surface area contributed by atoms with Crippen LogP contribution in [0, 0.1) is 6.92 Å². The van der Waals surface area contributed by atoms with Crippen molar-refractivity contribution >= 4 is 17.8 Å². The third-order valence-corrected chi connectivity index (χ3v) is 4.67. The molecule has 0 saturated carbocycles. The Morgan fingerprint density at radius 3 is 1.96 bits per heavy atom. The van der Waals surface area contributed by atoms with Crippen molar-refractivity contribution in [2.45, 2.75) is 6.92 Å². The normalized spacial score (nSPS) is 13.9. The van der Waals surface area contributed by atoms with Gasteiger partial charge >= 0.3 is 0 Å². The Morgan fingerprint density at radius 1 is 0.857 bits per heavy atom. The largest absolute Gasteiger partial charge is 0.545 e. The van der Waals surface area contributed by atoms with Gasteiger partial charge in [0, 0.05) is 31.7 Å². The van der Waals surface area contributed by atoms with Crippen molar-refractivity contribution in [1.29, 1.82) is 0 Å². The van der Waals surface area contributed by atoms with Crippen LogP contribution in [0.25, 0.3) is 0 Å². The summed E-state index contributed by atoms with van der Waals surface area (Å²) >= 11 is 0. The summed E-state index contributed by atoms with van der Waals surface area (Å²) in [6.45, 7) is 3.63. The second kappa shape index (κ2) is 8.56. The zero-order chi connectivity index (χ0) is 20.1. The van der Waals surface area contributed by atoms with Crippen molar-refractivity contribution in [2.75, 3.05) is 32.8 Å². The molecule has 3 rings (SSSR count). The number of amides is 2. The molecule has 0 aliphatic carbocycles. The fraction of sp³-hybridized carbons (Fsp3) is 0.286. The molecule has 0 bridgehead atoms. The highest BCUT2D eigenvalue weighted by Gasteiger charge is 2.25. The van der Waals surface area contributed by atoms with Crippen LogP contribution < -0.4 is 9.84 Å². The van der Waals surface area contributed by atoms with E-state index in [4.69, 9.17) is 4.74 Å². The van der Waals surface area contributed by atoms with Gasteiger partial charge in [-0.15, -0.1) is 0 Å². The number of rotatable bonds is 5. The van der Waals surface area contributed by atoms with E-state index in [0.717, 1.165) is 5.56 Å². The summed E-state index contributed by atoms with van der Waals surface area (Å²) in [6.07, 6.45) is 0. The van der Waals surface area contributed by atoms with E-state index in [0.29, 0.717) is 37.5 Å². The third-order valence-electron chi connectivity index (χ3n) is 4.67. The van der Waals surface area contributed by atoms with E-state index >= 15 is 0 Å². The first-order valence-corrected chi connectivity index (χ1v) is 9.02. The monoisotopic (exact) mass is 381 g/mol. The fourth-order valence-electron chi connectivity index (χ4n) is 2.96. The number of nitrogens with zero attached hydrogens (tertiary/aromatic N) is 2. The second-order valence-corrected chi connectivity index (χ2v) is 6.64. The molecule has 2 aromatic rings. The maximum Gasteiger partial charge on any atom is 0.260 e. The van der Waals surface area contributed by atoms with Gasteiger partial charge in [-0.25, -0.2) is 0 Å². The number of carbonyl (C=O) groups excluding carboxylic acids is 3. The first-order valence-electron chi connectivity index (χ1n) is 9.02. The minimum Gasteiger partial charge on any atom is -0.545 e. The van der Waals surface area contributed by atoms with E-state index in [2.05, 4.69) is 0 Å². The summed E-state index contributed by atoms with van der Waals surface area (Å²) < 4.78 is 5.53. The minimum absolute atomic E-state index is 0.0283. The molecule has 1 saturated heterocycles. The van der Waals surface area contributed by atoms with Crippen molar-refractivity contribution < 1.29 is 24.2 Å². The number of hydrogen-bond donors (Lipinski definition) is 0. The number of hydrogen-bond acceptors (Lipinski definition) is 5. The Kier molecular flexibility index (Phi) is 5.93. The molecule has 1 aliphatic heterocycles. The first-order chi connectivity index (χ1) is 13.4. The van der Waals surface area contributed by atoms with Gasteiger partial charge in [0.25, 0.3) is 11.8 Å². The smallest absolute Gasteiger partial charge is 0.260 e. The van der Waals surface area contributed by atoms with Gasteiger partial charge < -0.3 is 24.4 Å². The van der Waals surface area contributed by atoms with Gasteiger partial charge in [0.05, 0.1) is 5.97 Å². The molecule has 0 N–H and O–H groups in total. The molecule has 28 heavy (non-hydrogen) atoms. The number of carboxylic acid groups (broad SMARTS) is 1. The standard InChI is InChI=1S/C21H22N2O5/c1-15-2-8-18(9-3-15)28-14-19(24)22-10-12-23(13-11-22)20(25)16-4-6-17(7-5-16)21(26)27/h2-9H,10-14H2,1H3,(H,26,27)/p-1. The molecule has 0 atom stereocenters. The number of aromatic carboxylic acids is 1. The van der Waals surface area contributed by atoms with Gasteiger partial charge in [-0.3, -0.25) is 9.59 Å². The number of carboxylic acids is 1. The number of ether oxygens (including phenoxy) is 1. The third kappa shape index (κ3) is 4.68. The van der Waals surface area contributed by atoms with Gasteiger partial charge in [0.1, 0.15) is 5.75 Å². The van der Waals surface area contributed by atoms with E-state index in [1.807, 2.05) is 31.2 Å². The Bertz CT molecular complexity index is 853. The maximum atomic E-state index is 12.5. The van der Waals surface area contributed by atoms with Gasteiger partial charge in [0.2, 0.25) is 0 Å². The molecule has 7 nitrogen and oxygen atoms in total. The first kappa shape index (κ1) is 19.4. The van der Waals surface area contributed by atoms with Crippen molar-refractivity contribution in [3.8, 4) is 5.75 Å². The zero-order valence-corrected chi connectivity index (χ0v) is 15.6. The van der Waals surface area contributed by atoms with Crippen LogP contribution >= 0.6 is 0 Å². The molecule has 146 valence electrons. The van der Waals surface area contributed by atoms with E-state index in [1.54, 1.807) is 9.80 Å². The predicted octanol–water partition coefficient (Wildman–Crippen LogP) is 0.722. The maximum absolute atomic E-state index is 12.5. The number of piperazine rings is 1. The summed E-state index contributed by atoms with van der Waals surface area (Å²) in [5, 5.41) is 10.8. The lowest BCUT2D eigenvalue weighted by Crippen LogP contribution is -2.51. The predicted molar refractivity (Wildman–Crippen MR) is 99.9 cm³/mol. The molecule has 1 heterocycles. The molecule has 2 aromatic carbocycles. The molecular weight excluding hydrogens is 360 g/mol. The molecule has 1 aliphatic rings. The van der Waals surface area contributed by atoms with Crippen molar-refractivity contribution in [1.82, 2.24) is 9.80 Å². The van der Waals surface area contributed by atoms with Crippen LogP contribution in [-0.2, 0) is 4.79 Å². The zero-order valence-electron chi connectivity index (χ0n) is 15.6. The van der Waals surface area contributed by atoms with Crippen LogP contribution in [0.15, 0.2) is 48.5 Å². The topological polar surface area (TPSA) is 90.0 Å². The summed E-state index contributed by atoms with van der Waals surface area (Å²) in [5.74, 6) is -0.939. The Hall–Kier alpha value is -3.35. The molecule has 7 heteroatoms. The Morgan fingerprint density at radius 2 is 1.39 bits per heavy atom. The van der Waals surface area contributed by atoms with Crippen LogP contribution in [0.5, 0.6) is 5.75 Å². The lowest BCUT2D eigenvalue weighted by molar-refractivity contribution is -0.255. The lowest BCUT2D eigenvalue weighted by atomic mass is 10.1. The van der Waals surface area contributed by atoms with Crippen LogP contribution in [0.1, 0.15) is 26.3 Å². The number of aryl methyl sites for hydroxylation is 1. The average Bonchev–Trinajstić information content (AvgIpc) is 2.73. The molecule has 0 spiro atoms. The average molecular weight is 381 g/mol. The minimum atomic E-state index is -1.28. The van der Waals surface area contributed by atoms with Crippen molar-refractivity contribution in [2.24, 2.45) is 0 Å².